The number of nitrogens with zero attached hydrogens (tertiary/aromatic N) is 6. The van der Waals surface area contributed by atoms with Crippen LogP contribution in [0.1, 0.15) is 30.9 Å². The van der Waals surface area contributed by atoms with Gasteiger partial charge in [-0.3, -0.25) is 14.6 Å². The first-order valence-corrected chi connectivity index (χ1v) is 12.6. The van der Waals surface area contributed by atoms with Gasteiger partial charge in [0.25, 0.3) is 0 Å². The first kappa shape index (κ1) is 24.0. The van der Waals surface area contributed by atoms with Crippen molar-refractivity contribution in [1.82, 2.24) is 24.5 Å². The highest BCUT2D eigenvalue weighted by atomic mass is 16.5. The van der Waals surface area contributed by atoms with Crippen LogP contribution in [0.4, 0.5) is 10.5 Å². The Hall–Kier alpha value is -2.75. The number of carbonyl (C=O) groups is 2. The van der Waals surface area contributed by atoms with E-state index in [4.69, 9.17) is 4.74 Å². The second-order valence-electron chi connectivity index (χ2n) is 10.3. The number of likely N-dealkylation sites (tertiary alicyclic amines) is 2. The predicted octanol–water partition coefficient (Wildman–Crippen LogP) is 2.26. The first-order chi connectivity index (χ1) is 16.9. The quantitative estimate of drug-likeness (QED) is 0.654. The number of hydrogen-bond donors (Lipinski definition) is 0. The van der Waals surface area contributed by atoms with E-state index >= 15 is 0 Å². The van der Waals surface area contributed by atoms with E-state index in [1.54, 1.807) is 19.4 Å². The molecule has 0 N–H and O–H groups in total. The molecule has 1 aromatic carbocycles. The molecule has 3 aliphatic rings. The van der Waals surface area contributed by atoms with Crippen molar-refractivity contribution in [2.45, 2.75) is 32.9 Å². The molecule has 3 fully saturated rings. The lowest BCUT2D eigenvalue weighted by atomic mass is 9.72. The second kappa shape index (κ2) is 10.1. The van der Waals surface area contributed by atoms with Gasteiger partial charge in [0.2, 0.25) is 5.91 Å². The van der Waals surface area contributed by atoms with Gasteiger partial charge in [-0.1, -0.05) is 24.3 Å². The summed E-state index contributed by atoms with van der Waals surface area (Å²) in [4.78, 5) is 32.7. The van der Waals surface area contributed by atoms with Crippen LogP contribution in [-0.2, 0) is 22.6 Å². The monoisotopic (exact) mass is 480 g/mol. The molecule has 2 amide bonds. The average Bonchev–Trinajstić information content (AvgIpc) is 3.34. The van der Waals surface area contributed by atoms with Gasteiger partial charge in [0.1, 0.15) is 0 Å². The number of rotatable bonds is 5. The lowest BCUT2D eigenvalue weighted by molar-refractivity contribution is -0.116. The summed E-state index contributed by atoms with van der Waals surface area (Å²) in [5, 5.41) is 4.17. The van der Waals surface area contributed by atoms with E-state index in [0.717, 1.165) is 78.4 Å². The number of morpholine rings is 1. The smallest absolute Gasteiger partial charge is 0.344 e. The summed E-state index contributed by atoms with van der Waals surface area (Å²) in [6.45, 7) is 10.9. The predicted molar refractivity (Wildman–Crippen MR) is 133 cm³/mol. The Morgan fingerprint density at radius 3 is 2.11 bits per heavy atom. The van der Waals surface area contributed by atoms with Gasteiger partial charge in [0.15, 0.2) is 0 Å². The molecule has 0 bridgehead atoms. The Kier molecular flexibility index (Phi) is 6.91. The number of amides is 2. The maximum atomic E-state index is 12.8. The van der Waals surface area contributed by atoms with Crippen molar-refractivity contribution in [3.05, 3.63) is 47.8 Å². The Morgan fingerprint density at radius 1 is 0.971 bits per heavy atom. The van der Waals surface area contributed by atoms with E-state index in [0.29, 0.717) is 5.69 Å². The average molecular weight is 481 g/mol. The Morgan fingerprint density at radius 2 is 1.54 bits per heavy atom. The fourth-order valence-electron chi connectivity index (χ4n) is 5.34. The van der Waals surface area contributed by atoms with Crippen molar-refractivity contribution in [3.63, 3.8) is 0 Å². The highest BCUT2D eigenvalue weighted by Gasteiger charge is 2.47. The standard InChI is InChI=1S/C26H36N6O3/c1-21(33)28(2)24-15-27-32(18-24)25(34)31-19-26(20-31)7-9-29(10-8-26)16-22-3-5-23(6-4-22)17-30-11-13-35-14-12-30/h3-6,15,18H,7-14,16-17,19-20H2,1-2H3. The lowest BCUT2D eigenvalue weighted by Crippen LogP contribution is -2.62. The molecule has 3 aliphatic heterocycles. The molecule has 1 aromatic heterocycles. The van der Waals surface area contributed by atoms with Crippen LogP contribution in [-0.4, -0.2) is 95.9 Å². The SMILES string of the molecule is CC(=O)N(C)c1cnn(C(=O)N2CC3(CCN(Cc4ccc(CN5CCOCC5)cc4)CC3)C2)c1. The molecule has 1 spiro atoms. The number of hydrogen-bond acceptors (Lipinski definition) is 6. The summed E-state index contributed by atoms with van der Waals surface area (Å²) in [5.41, 5.74) is 3.59. The second-order valence-corrected chi connectivity index (χ2v) is 10.3. The van der Waals surface area contributed by atoms with Crippen LogP contribution < -0.4 is 4.90 Å². The third-order valence-corrected chi connectivity index (χ3v) is 7.80. The number of carbonyl (C=O) groups excluding carboxylic acids is 2. The minimum Gasteiger partial charge on any atom is -0.379 e. The maximum Gasteiger partial charge on any atom is 0.344 e. The van der Waals surface area contributed by atoms with Crippen LogP contribution in [0, 0.1) is 5.41 Å². The van der Waals surface area contributed by atoms with Crippen LogP contribution >= 0.6 is 0 Å². The van der Waals surface area contributed by atoms with Crippen LogP contribution in [0.15, 0.2) is 36.7 Å². The zero-order valence-corrected chi connectivity index (χ0v) is 20.9. The number of anilines is 1. The number of benzene rings is 1. The van der Waals surface area contributed by atoms with Crippen LogP contribution in [0.25, 0.3) is 0 Å². The summed E-state index contributed by atoms with van der Waals surface area (Å²) in [7, 11) is 1.68. The molecule has 188 valence electrons. The summed E-state index contributed by atoms with van der Waals surface area (Å²) in [5.74, 6) is -0.0874. The molecule has 0 radical (unpaired) electrons. The van der Waals surface area contributed by atoms with E-state index < -0.39 is 0 Å². The molecule has 3 saturated heterocycles. The zero-order valence-electron chi connectivity index (χ0n) is 20.9. The van der Waals surface area contributed by atoms with Crippen molar-refractivity contribution in [2.75, 3.05) is 64.4 Å². The van der Waals surface area contributed by atoms with Crippen molar-refractivity contribution >= 4 is 17.6 Å². The largest absolute Gasteiger partial charge is 0.379 e. The van der Waals surface area contributed by atoms with Crippen LogP contribution in [0.2, 0.25) is 0 Å². The van der Waals surface area contributed by atoms with Crippen LogP contribution in [0.3, 0.4) is 0 Å². The summed E-state index contributed by atoms with van der Waals surface area (Å²) < 4.78 is 6.79. The van der Waals surface area contributed by atoms with Gasteiger partial charge in [0, 0.05) is 58.7 Å². The molecule has 5 rings (SSSR count). The highest BCUT2D eigenvalue weighted by Crippen LogP contribution is 2.41. The van der Waals surface area contributed by atoms with Crippen molar-refractivity contribution < 1.29 is 14.3 Å². The van der Waals surface area contributed by atoms with E-state index in [2.05, 4.69) is 39.2 Å². The molecule has 9 nitrogen and oxygen atoms in total. The number of aromatic nitrogens is 2. The Bertz CT molecular complexity index is 1030. The molecule has 0 unspecified atom stereocenters. The van der Waals surface area contributed by atoms with Gasteiger partial charge in [-0.05, 0) is 37.1 Å². The lowest BCUT2D eigenvalue weighted by Gasteiger charge is -2.53. The van der Waals surface area contributed by atoms with E-state index in [1.807, 2.05) is 4.90 Å². The fourth-order valence-corrected chi connectivity index (χ4v) is 5.34. The van der Waals surface area contributed by atoms with Crippen molar-refractivity contribution in [3.8, 4) is 0 Å². The molecule has 2 aromatic rings. The van der Waals surface area contributed by atoms with Gasteiger partial charge in [0.05, 0.1) is 31.3 Å². The van der Waals surface area contributed by atoms with Crippen LogP contribution in [0.5, 0.6) is 0 Å². The number of piperidine rings is 1. The third-order valence-electron chi connectivity index (χ3n) is 7.80. The van der Waals surface area contributed by atoms with Gasteiger partial charge in [-0.2, -0.15) is 9.78 Å². The third kappa shape index (κ3) is 5.42. The van der Waals surface area contributed by atoms with E-state index in [1.165, 1.54) is 27.6 Å². The summed E-state index contributed by atoms with van der Waals surface area (Å²) >= 11 is 0. The topological polar surface area (TPSA) is 74.2 Å². The van der Waals surface area contributed by atoms with Crippen molar-refractivity contribution in [1.29, 1.82) is 0 Å². The molecule has 0 aliphatic carbocycles. The highest BCUT2D eigenvalue weighted by molar-refractivity contribution is 5.91. The minimum atomic E-state index is -0.113. The summed E-state index contributed by atoms with van der Waals surface area (Å²) in [6, 6.07) is 8.96. The maximum absolute atomic E-state index is 12.8. The first-order valence-electron chi connectivity index (χ1n) is 12.6. The van der Waals surface area contributed by atoms with Gasteiger partial charge in [-0.25, -0.2) is 4.79 Å². The van der Waals surface area contributed by atoms with Gasteiger partial charge in [-0.15, -0.1) is 0 Å². The van der Waals surface area contributed by atoms with Gasteiger partial charge < -0.3 is 14.5 Å². The fraction of sp³-hybridized carbons (Fsp3) is 0.577. The van der Waals surface area contributed by atoms with Crippen molar-refractivity contribution in [2.24, 2.45) is 5.41 Å². The molecule has 0 saturated carbocycles. The molecule has 4 heterocycles. The normalized spacial score (nSPS) is 20.6. The Balaban J connectivity index is 1.07. The zero-order chi connectivity index (χ0) is 24.4. The van der Waals surface area contributed by atoms with Gasteiger partial charge >= 0.3 is 6.03 Å². The molecule has 0 atom stereocenters. The molecule has 35 heavy (non-hydrogen) atoms. The van der Waals surface area contributed by atoms with E-state index in [9.17, 15) is 9.59 Å². The molecular formula is C26H36N6O3. The Labute approximate surface area is 207 Å². The molecular weight excluding hydrogens is 444 g/mol. The summed E-state index contributed by atoms with van der Waals surface area (Å²) in [6.07, 6.45) is 5.42. The van der Waals surface area contributed by atoms with E-state index in [-0.39, 0.29) is 17.4 Å². The molecule has 9 heteroatoms. The minimum absolute atomic E-state index is 0.0874. The number of ether oxygens (including phenoxy) is 1.